The lowest BCUT2D eigenvalue weighted by atomic mass is 10.00. The van der Waals surface area contributed by atoms with Crippen molar-refractivity contribution in [3.05, 3.63) is 17.7 Å². The summed E-state index contributed by atoms with van der Waals surface area (Å²) >= 11 is 0. The number of halogens is 1. The first-order valence-electron chi connectivity index (χ1n) is 12.5. The first kappa shape index (κ1) is 39.0. The molecular weight excluding hydrogens is 429 g/mol. The highest BCUT2D eigenvalue weighted by Gasteiger charge is 2.15. The number of terminal acetylenes is 1. The third-order valence-corrected chi connectivity index (χ3v) is 4.17. The number of unbranched alkanes of at least 4 members (excludes halogenated alkanes) is 1. The number of hydrogen-bond donors (Lipinski definition) is 4. The van der Waals surface area contributed by atoms with Crippen molar-refractivity contribution in [1.82, 2.24) is 15.3 Å². The zero-order valence-corrected chi connectivity index (χ0v) is 23.6. The summed E-state index contributed by atoms with van der Waals surface area (Å²) in [5.41, 5.74) is 6.57. The first-order valence-corrected chi connectivity index (χ1v) is 12.5. The van der Waals surface area contributed by atoms with Gasteiger partial charge in [-0.3, -0.25) is 4.79 Å². The predicted octanol–water partition coefficient (Wildman–Crippen LogP) is 6.91. The quantitative estimate of drug-likeness (QED) is 0.201. The highest BCUT2D eigenvalue weighted by molar-refractivity contribution is 5.76. The zero-order valence-electron chi connectivity index (χ0n) is 23.6. The normalized spacial score (nSPS) is 14.8. The highest BCUT2D eigenvalue weighted by Crippen LogP contribution is 2.21. The number of amides is 1. The molecule has 5 N–H and O–H groups in total. The Morgan fingerprint density at radius 2 is 1.76 bits per heavy atom. The topological polar surface area (TPSA) is 108 Å². The van der Waals surface area contributed by atoms with Crippen molar-refractivity contribution in [2.75, 3.05) is 6.54 Å². The molecule has 2 rings (SSSR count). The van der Waals surface area contributed by atoms with Crippen LogP contribution in [0.2, 0.25) is 0 Å². The Kier molecular flexibility index (Phi) is 29.2. The number of carbonyl (C=O) groups excluding carboxylic acids is 1. The van der Waals surface area contributed by atoms with Gasteiger partial charge in [0.2, 0.25) is 5.91 Å². The van der Waals surface area contributed by atoms with E-state index in [1.54, 1.807) is 33.9 Å². The summed E-state index contributed by atoms with van der Waals surface area (Å²) in [7, 11) is 0. The van der Waals surface area contributed by atoms with Gasteiger partial charge in [0.15, 0.2) is 0 Å². The number of piperidine rings is 1. The summed E-state index contributed by atoms with van der Waals surface area (Å²) in [4.78, 5) is 17.7. The number of nitrogens with one attached hydrogen (secondary N) is 3. The van der Waals surface area contributed by atoms with E-state index >= 15 is 0 Å². The van der Waals surface area contributed by atoms with Crippen LogP contribution in [0.4, 0.5) is 4.39 Å². The van der Waals surface area contributed by atoms with Crippen LogP contribution in [0.5, 0.6) is 0 Å². The van der Waals surface area contributed by atoms with Crippen molar-refractivity contribution < 1.29 is 9.18 Å². The number of aromatic nitrogens is 2. The molecule has 1 amide bonds. The number of nitrogens with two attached hydrogens (primary N) is 1. The maximum Gasteiger partial charge on any atom is 0.220 e. The van der Waals surface area contributed by atoms with Gasteiger partial charge in [0.05, 0.1) is 5.69 Å². The lowest BCUT2D eigenvalue weighted by Gasteiger charge is -2.17. The van der Waals surface area contributed by atoms with E-state index in [2.05, 4.69) is 35.1 Å². The average molecular weight is 484 g/mol. The van der Waals surface area contributed by atoms with Crippen molar-refractivity contribution in [3.8, 4) is 12.8 Å². The van der Waals surface area contributed by atoms with Crippen molar-refractivity contribution >= 4 is 11.6 Å². The Labute approximate surface area is 210 Å². The van der Waals surface area contributed by atoms with Crippen LogP contribution < -0.4 is 11.1 Å². The van der Waals surface area contributed by atoms with Gasteiger partial charge in [0.1, 0.15) is 11.5 Å². The van der Waals surface area contributed by atoms with Crippen LogP contribution >= 0.6 is 0 Å². The monoisotopic (exact) mass is 483 g/mol. The number of imidazole rings is 1. The minimum atomic E-state index is -1.06. The molecule has 6 nitrogen and oxygen atoms in total. The van der Waals surface area contributed by atoms with E-state index in [1.807, 2.05) is 34.6 Å². The Balaban J connectivity index is -0.000000209. The summed E-state index contributed by atoms with van der Waals surface area (Å²) in [6.07, 6.45) is 14.9. The average Bonchev–Trinajstić information content (AvgIpc) is 3.23. The number of alkyl halides is 1. The van der Waals surface area contributed by atoms with Crippen molar-refractivity contribution in [2.24, 2.45) is 11.7 Å². The maximum atomic E-state index is 13.2. The molecule has 7 heteroatoms. The molecule has 1 unspecified atom stereocenters. The molecule has 1 fully saturated rings. The summed E-state index contributed by atoms with van der Waals surface area (Å²) in [5.74, 6) is 1.78. The van der Waals surface area contributed by atoms with Crippen LogP contribution in [0, 0.1) is 31.1 Å². The van der Waals surface area contributed by atoms with Gasteiger partial charge in [-0.05, 0) is 59.8 Å². The van der Waals surface area contributed by atoms with Gasteiger partial charge in [-0.15, -0.1) is 12.8 Å². The number of aryl methyl sites for hydroxylation is 1. The van der Waals surface area contributed by atoms with Gasteiger partial charge in [0, 0.05) is 30.9 Å². The van der Waals surface area contributed by atoms with E-state index in [0.29, 0.717) is 18.1 Å². The molecule has 0 aromatic carbocycles. The summed E-state index contributed by atoms with van der Waals surface area (Å²) in [5, 5.41) is 9.29. The van der Waals surface area contributed by atoms with E-state index < -0.39 is 5.67 Å². The summed E-state index contributed by atoms with van der Waals surface area (Å²) < 4.78 is 13.2. The van der Waals surface area contributed by atoms with Gasteiger partial charge in [-0.25, -0.2) is 9.37 Å². The van der Waals surface area contributed by atoms with Crippen LogP contribution in [-0.2, 0) is 4.79 Å². The lowest BCUT2D eigenvalue weighted by Crippen LogP contribution is -2.33. The molecular formula is C27H54FN5O. The largest absolute Gasteiger partial charge is 0.356 e. The molecule has 1 aromatic rings. The Morgan fingerprint density at radius 3 is 2.09 bits per heavy atom. The number of H-pyrrole nitrogens is 1. The molecule has 0 radical (unpaired) electrons. The Hall–Kier alpha value is -2.20. The van der Waals surface area contributed by atoms with Gasteiger partial charge >= 0.3 is 0 Å². The van der Waals surface area contributed by atoms with E-state index in [-0.39, 0.29) is 11.9 Å². The van der Waals surface area contributed by atoms with E-state index in [4.69, 9.17) is 11.1 Å². The molecule has 34 heavy (non-hydrogen) atoms. The molecule has 1 aliphatic heterocycles. The number of aromatic amines is 1. The number of carbonyl (C=O) groups is 1. The number of hydrogen-bond acceptors (Lipinski definition) is 4. The molecule has 2 heterocycles. The van der Waals surface area contributed by atoms with E-state index in [0.717, 1.165) is 50.2 Å². The van der Waals surface area contributed by atoms with Gasteiger partial charge in [0.25, 0.3) is 0 Å². The van der Waals surface area contributed by atoms with E-state index in [1.165, 1.54) is 0 Å². The van der Waals surface area contributed by atoms with Crippen molar-refractivity contribution in [2.45, 2.75) is 119 Å². The molecule has 1 aromatic heterocycles. The standard InChI is InChI=1S/C12H22FN3.C6H11NO.C3H7N.2C2H6.C2H2/c1-9-15-8-11(16-9)10(14)6-4-5-7-12(2,3)13;1-5-2-3-6(8)7-4-5;1-3(2)4;3*1-2/h8,10H,4-7,14H2,1-3H3,(H,15,16);5H,2-4H2,1H3,(H,7,8);4H,1-2H3;2*1-2H3;1-2H/t10-;;;;;/m0...../s1. The van der Waals surface area contributed by atoms with Gasteiger partial charge < -0.3 is 21.4 Å². The third kappa shape index (κ3) is 29.8. The molecule has 0 saturated carbocycles. The predicted molar refractivity (Wildman–Crippen MR) is 147 cm³/mol. The second kappa shape index (κ2) is 25.4. The van der Waals surface area contributed by atoms with E-state index in [9.17, 15) is 9.18 Å². The minimum absolute atomic E-state index is 0.0103. The lowest BCUT2D eigenvalue weighted by molar-refractivity contribution is -0.122. The fourth-order valence-corrected chi connectivity index (χ4v) is 2.55. The van der Waals surface area contributed by atoms with Crippen molar-refractivity contribution in [3.63, 3.8) is 0 Å². The molecule has 1 saturated heterocycles. The van der Waals surface area contributed by atoms with Crippen molar-refractivity contribution in [1.29, 1.82) is 5.41 Å². The Bertz CT molecular complexity index is 606. The van der Waals surface area contributed by atoms with Crippen LogP contribution in [0.25, 0.3) is 0 Å². The van der Waals surface area contributed by atoms with Crippen LogP contribution in [0.1, 0.15) is 118 Å². The van der Waals surface area contributed by atoms with Crippen LogP contribution in [0.15, 0.2) is 6.20 Å². The number of rotatable bonds is 6. The third-order valence-electron chi connectivity index (χ3n) is 4.17. The zero-order chi connectivity index (χ0) is 27.7. The fraction of sp³-hybridized carbons (Fsp3) is 0.741. The summed E-state index contributed by atoms with van der Waals surface area (Å²) in [6, 6.07) is -0.0103. The smallest absolute Gasteiger partial charge is 0.220 e. The van der Waals surface area contributed by atoms with Gasteiger partial charge in [-0.2, -0.15) is 0 Å². The molecule has 0 aliphatic carbocycles. The first-order chi connectivity index (χ1) is 15.9. The van der Waals surface area contributed by atoms with Gasteiger partial charge in [-0.1, -0.05) is 47.5 Å². The maximum absolute atomic E-state index is 13.2. The second-order valence-corrected chi connectivity index (χ2v) is 8.44. The SMILES string of the molecule is C#C.CC.CC.CC(C)=N.CC1CCC(=O)NC1.Cc1ncc([C@@H](N)CCCCC(C)(C)F)[nH]1. The van der Waals surface area contributed by atoms with Crippen LogP contribution in [-0.4, -0.2) is 33.8 Å². The Morgan fingerprint density at radius 1 is 1.26 bits per heavy atom. The summed E-state index contributed by atoms with van der Waals surface area (Å²) in [6.45, 7) is 19.7. The van der Waals surface area contributed by atoms with Crippen LogP contribution in [0.3, 0.4) is 0 Å². The highest BCUT2D eigenvalue weighted by atomic mass is 19.1. The molecule has 0 spiro atoms. The molecule has 2 atom stereocenters. The molecule has 0 bridgehead atoms. The molecule has 1 aliphatic rings. The minimum Gasteiger partial charge on any atom is -0.356 e. The number of nitrogens with zero attached hydrogens (tertiary/aromatic N) is 1. The molecule has 200 valence electrons. The fourth-order valence-electron chi connectivity index (χ4n) is 2.55. The second-order valence-electron chi connectivity index (χ2n) is 8.44.